The highest BCUT2D eigenvalue weighted by Gasteiger charge is 2.42. The Hall–Kier alpha value is -3.31. The smallest absolute Gasteiger partial charge is 0.250 e. The third kappa shape index (κ3) is 5.30. The lowest BCUT2D eigenvalue weighted by Crippen LogP contribution is -2.29. The van der Waals surface area contributed by atoms with E-state index in [1.165, 1.54) is 13.2 Å². The van der Waals surface area contributed by atoms with Crippen LogP contribution in [0.4, 0.5) is 15.8 Å². The van der Waals surface area contributed by atoms with Crippen LogP contribution >= 0.6 is 39.7 Å². The first kappa shape index (κ1) is 26.3. The number of carbonyl (C=O) groups is 1. The van der Waals surface area contributed by atoms with E-state index in [2.05, 4.69) is 31.5 Å². The number of furan rings is 1. The molecule has 2 atom stereocenters. The molecule has 38 heavy (non-hydrogen) atoms. The summed E-state index contributed by atoms with van der Waals surface area (Å²) in [4.78, 5) is 18.4. The van der Waals surface area contributed by atoms with Crippen LogP contribution in [-0.2, 0) is 9.53 Å². The fourth-order valence-corrected chi connectivity index (χ4v) is 5.24. The van der Waals surface area contributed by atoms with Crippen LogP contribution in [-0.4, -0.2) is 29.7 Å². The normalized spacial score (nSPS) is 16.9. The number of thiocarbonyl (C=S) groups is 1. The first-order valence-corrected chi connectivity index (χ1v) is 13.1. The molecule has 4 aromatic rings. The number of benzene rings is 2. The standard InChI is InChI=1S/C27H21BrClFN4O3S/c1-36-14-24(35)32-20-8-6-16(13-18(20)29)34-26(25(33-27(34)38)21-4-2-3-11-31-21)23-10-9-22(37-23)17-7-5-15(28)12-19(17)30/h2-13,25-26H,14H2,1H3,(H,32,35)(H,33,38)/t25-,26-/m0/s1. The molecule has 7 nitrogen and oxygen atoms in total. The summed E-state index contributed by atoms with van der Waals surface area (Å²) in [5.74, 6) is 0.212. The summed E-state index contributed by atoms with van der Waals surface area (Å²) in [5, 5.41) is 6.82. The molecule has 5 rings (SSSR count). The average molecular weight is 616 g/mol. The summed E-state index contributed by atoms with van der Waals surface area (Å²) in [7, 11) is 1.44. The summed E-state index contributed by atoms with van der Waals surface area (Å²) < 4.78 is 26.4. The summed E-state index contributed by atoms with van der Waals surface area (Å²) in [6.45, 7) is -0.0914. The van der Waals surface area contributed by atoms with E-state index in [4.69, 9.17) is 33.0 Å². The van der Waals surface area contributed by atoms with Gasteiger partial charge in [-0.25, -0.2) is 4.39 Å². The van der Waals surface area contributed by atoms with Gasteiger partial charge in [0.2, 0.25) is 5.91 Å². The van der Waals surface area contributed by atoms with Crippen LogP contribution in [0.2, 0.25) is 5.02 Å². The Balaban J connectivity index is 1.55. The molecule has 1 aliphatic heterocycles. The maximum Gasteiger partial charge on any atom is 0.250 e. The van der Waals surface area contributed by atoms with E-state index in [0.29, 0.717) is 43.1 Å². The van der Waals surface area contributed by atoms with Crippen molar-refractivity contribution in [2.24, 2.45) is 0 Å². The van der Waals surface area contributed by atoms with Crippen molar-refractivity contribution >= 4 is 62.1 Å². The van der Waals surface area contributed by atoms with Crippen LogP contribution in [0, 0.1) is 5.82 Å². The molecular formula is C27H21BrClFN4O3S. The van der Waals surface area contributed by atoms with Crippen molar-refractivity contribution in [3.63, 3.8) is 0 Å². The van der Waals surface area contributed by atoms with Crippen molar-refractivity contribution in [2.75, 3.05) is 23.9 Å². The molecule has 0 saturated carbocycles. The molecule has 11 heteroatoms. The molecule has 3 heterocycles. The first-order valence-electron chi connectivity index (χ1n) is 11.5. The van der Waals surface area contributed by atoms with Gasteiger partial charge < -0.3 is 24.7 Å². The van der Waals surface area contributed by atoms with Crippen LogP contribution < -0.4 is 15.5 Å². The quantitative estimate of drug-likeness (QED) is 0.225. The fourth-order valence-electron chi connectivity index (χ4n) is 4.34. The molecule has 0 unspecified atom stereocenters. The number of amides is 1. The number of carbonyl (C=O) groups excluding carboxylic acids is 1. The molecule has 2 aromatic carbocycles. The van der Waals surface area contributed by atoms with E-state index in [9.17, 15) is 9.18 Å². The zero-order valence-corrected chi connectivity index (χ0v) is 23.1. The number of hydrogen-bond donors (Lipinski definition) is 2. The first-order chi connectivity index (χ1) is 18.4. The molecular weight excluding hydrogens is 595 g/mol. The maximum atomic E-state index is 14.7. The van der Waals surface area contributed by atoms with Gasteiger partial charge in [-0.15, -0.1) is 0 Å². The molecule has 1 amide bonds. The van der Waals surface area contributed by atoms with E-state index >= 15 is 0 Å². The molecule has 2 aromatic heterocycles. The highest BCUT2D eigenvalue weighted by Crippen LogP contribution is 2.44. The van der Waals surface area contributed by atoms with Crippen LogP contribution in [0.1, 0.15) is 23.5 Å². The predicted molar refractivity (Wildman–Crippen MR) is 152 cm³/mol. The van der Waals surface area contributed by atoms with E-state index in [1.807, 2.05) is 23.1 Å². The van der Waals surface area contributed by atoms with Gasteiger partial charge in [-0.1, -0.05) is 33.6 Å². The Morgan fingerprint density at radius 2 is 2.08 bits per heavy atom. The maximum absolute atomic E-state index is 14.7. The number of nitrogens with one attached hydrogen (secondary N) is 2. The number of anilines is 2. The number of methoxy groups -OCH3 is 1. The SMILES string of the molecule is COCC(=O)Nc1ccc(N2C(=S)N[C@@H](c3ccccn3)[C@@H]2c2ccc(-c3ccc(Br)cc3F)o2)cc1Cl. The van der Waals surface area contributed by atoms with E-state index in [0.717, 1.165) is 5.69 Å². The third-order valence-corrected chi connectivity index (χ3v) is 7.11. The van der Waals surface area contributed by atoms with Gasteiger partial charge in [0.15, 0.2) is 5.11 Å². The average Bonchev–Trinajstić information content (AvgIpc) is 3.50. The van der Waals surface area contributed by atoms with Gasteiger partial charge in [0, 0.05) is 23.5 Å². The van der Waals surface area contributed by atoms with Crippen molar-refractivity contribution in [3.05, 3.63) is 99.7 Å². The Morgan fingerprint density at radius 1 is 1.24 bits per heavy atom. The Bertz CT molecular complexity index is 1500. The highest BCUT2D eigenvalue weighted by atomic mass is 79.9. The van der Waals surface area contributed by atoms with Gasteiger partial charge >= 0.3 is 0 Å². The number of halogens is 3. The van der Waals surface area contributed by atoms with Gasteiger partial charge in [0.25, 0.3) is 0 Å². The predicted octanol–water partition coefficient (Wildman–Crippen LogP) is 6.66. The second kappa shape index (κ2) is 11.2. The van der Waals surface area contributed by atoms with Crippen molar-refractivity contribution in [2.45, 2.75) is 12.1 Å². The number of pyridine rings is 1. The molecule has 0 bridgehead atoms. The second-order valence-corrected chi connectivity index (χ2v) is 10.2. The molecule has 1 fully saturated rings. The van der Waals surface area contributed by atoms with Crippen LogP contribution in [0.25, 0.3) is 11.3 Å². The highest BCUT2D eigenvalue weighted by molar-refractivity contribution is 9.10. The number of nitrogens with zero attached hydrogens (tertiary/aromatic N) is 2. The third-order valence-electron chi connectivity index (χ3n) is 5.99. The molecule has 1 aliphatic rings. The minimum Gasteiger partial charge on any atom is -0.459 e. The van der Waals surface area contributed by atoms with E-state index < -0.39 is 11.9 Å². The zero-order chi connectivity index (χ0) is 26.8. The Morgan fingerprint density at radius 3 is 2.79 bits per heavy atom. The van der Waals surface area contributed by atoms with Crippen molar-refractivity contribution in [3.8, 4) is 11.3 Å². The number of ether oxygens (including phenoxy) is 1. The molecule has 194 valence electrons. The van der Waals surface area contributed by atoms with E-state index in [1.54, 1.807) is 48.7 Å². The van der Waals surface area contributed by atoms with Crippen molar-refractivity contribution in [1.82, 2.24) is 10.3 Å². The number of aromatic nitrogens is 1. The lowest BCUT2D eigenvalue weighted by Gasteiger charge is -2.26. The molecule has 0 radical (unpaired) electrons. The lowest BCUT2D eigenvalue weighted by atomic mass is 10.0. The second-order valence-electron chi connectivity index (χ2n) is 8.47. The summed E-state index contributed by atoms with van der Waals surface area (Å²) in [6, 6.07) is 18.4. The molecule has 0 spiro atoms. The van der Waals surface area contributed by atoms with Crippen LogP contribution in [0.15, 0.2) is 81.8 Å². The van der Waals surface area contributed by atoms with Crippen LogP contribution in [0.5, 0.6) is 0 Å². The minimum atomic E-state index is -0.463. The molecule has 1 saturated heterocycles. The zero-order valence-electron chi connectivity index (χ0n) is 20.0. The summed E-state index contributed by atoms with van der Waals surface area (Å²) in [6.07, 6.45) is 1.71. The van der Waals surface area contributed by atoms with Gasteiger partial charge in [-0.3, -0.25) is 9.78 Å². The number of rotatable bonds is 7. The number of hydrogen-bond acceptors (Lipinski definition) is 5. The molecule has 2 N–H and O–H groups in total. The summed E-state index contributed by atoms with van der Waals surface area (Å²) in [5.41, 5.74) is 2.21. The van der Waals surface area contributed by atoms with Gasteiger partial charge in [0.1, 0.15) is 30.0 Å². The Kier molecular flexibility index (Phi) is 7.75. The monoisotopic (exact) mass is 614 g/mol. The van der Waals surface area contributed by atoms with Gasteiger partial charge in [-0.05, 0) is 72.9 Å². The van der Waals surface area contributed by atoms with Gasteiger partial charge in [-0.2, -0.15) is 0 Å². The van der Waals surface area contributed by atoms with Gasteiger partial charge in [0.05, 0.1) is 28.0 Å². The van der Waals surface area contributed by atoms with Crippen LogP contribution in [0.3, 0.4) is 0 Å². The fraction of sp³-hybridized carbons (Fsp3) is 0.148. The van der Waals surface area contributed by atoms with Crippen molar-refractivity contribution < 1.29 is 18.3 Å². The lowest BCUT2D eigenvalue weighted by molar-refractivity contribution is -0.119. The summed E-state index contributed by atoms with van der Waals surface area (Å²) >= 11 is 15.6. The van der Waals surface area contributed by atoms with E-state index in [-0.39, 0.29) is 18.6 Å². The van der Waals surface area contributed by atoms with Crippen molar-refractivity contribution in [1.29, 1.82) is 0 Å². The molecule has 0 aliphatic carbocycles. The Labute approximate surface area is 237 Å². The minimum absolute atomic E-state index is 0.0914. The topological polar surface area (TPSA) is 79.6 Å². The largest absolute Gasteiger partial charge is 0.459 e.